The van der Waals surface area contributed by atoms with Crippen molar-refractivity contribution in [3.05, 3.63) is 29.6 Å². The molecule has 2 heterocycles. The van der Waals surface area contributed by atoms with E-state index in [1.165, 1.54) is 19.3 Å². The zero-order chi connectivity index (χ0) is 14.6. The van der Waals surface area contributed by atoms with Crippen LogP contribution in [0.5, 0.6) is 0 Å². The Bertz CT molecular complexity index is 471. The molecule has 0 saturated carbocycles. The first kappa shape index (κ1) is 14.9. The van der Waals surface area contributed by atoms with Gasteiger partial charge in [-0.2, -0.15) is 0 Å². The molecule has 110 valence electrons. The van der Waals surface area contributed by atoms with Gasteiger partial charge >= 0.3 is 0 Å². The molecule has 1 aromatic rings. The van der Waals surface area contributed by atoms with Crippen LogP contribution in [0.15, 0.2) is 18.2 Å². The number of aromatic nitrogens is 1. The molecule has 1 aliphatic heterocycles. The van der Waals surface area contributed by atoms with Crippen molar-refractivity contribution in [3.8, 4) is 0 Å². The lowest BCUT2D eigenvalue weighted by Gasteiger charge is -2.26. The van der Waals surface area contributed by atoms with Crippen molar-refractivity contribution in [1.82, 2.24) is 15.3 Å². The van der Waals surface area contributed by atoms with E-state index in [9.17, 15) is 4.79 Å². The van der Waals surface area contributed by atoms with Gasteiger partial charge in [0.2, 0.25) is 0 Å². The summed E-state index contributed by atoms with van der Waals surface area (Å²) in [6.07, 6.45) is 3.70. The first-order chi connectivity index (χ1) is 9.62. The number of amides is 1. The summed E-state index contributed by atoms with van der Waals surface area (Å²) in [6.45, 7) is 7.58. The number of likely N-dealkylation sites (tertiary alicyclic amines) is 1. The highest BCUT2D eigenvalue weighted by Gasteiger charge is 2.34. The van der Waals surface area contributed by atoms with Crippen molar-refractivity contribution < 1.29 is 4.79 Å². The summed E-state index contributed by atoms with van der Waals surface area (Å²) in [6, 6.07) is 5.50. The molecule has 1 saturated heterocycles. The number of hydrazine groups is 1. The third kappa shape index (κ3) is 3.16. The average molecular weight is 276 g/mol. The summed E-state index contributed by atoms with van der Waals surface area (Å²) >= 11 is 0. The van der Waals surface area contributed by atoms with Crippen LogP contribution in [-0.4, -0.2) is 28.9 Å². The van der Waals surface area contributed by atoms with Crippen molar-refractivity contribution in [2.45, 2.75) is 39.7 Å². The van der Waals surface area contributed by atoms with Crippen molar-refractivity contribution in [3.63, 3.8) is 0 Å². The van der Waals surface area contributed by atoms with Gasteiger partial charge in [-0.05, 0) is 43.4 Å². The first-order valence-electron chi connectivity index (χ1n) is 7.31. The van der Waals surface area contributed by atoms with Gasteiger partial charge in [-0.15, -0.1) is 0 Å². The number of pyridine rings is 1. The number of carbonyl (C=O) groups is 1. The molecule has 0 aliphatic carbocycles. The van der Waals surface area contributed by atoms with Gasteiger partial charge in [0, 0.05) is 13.1 Å². The van der Waals surface area contributed by atoms with E-state index in [0.717, 1.165) is 25.3 Å². The minimum atomic E-state index is -0.343. The molecule has 1 aliphatic rings. The Hall–Kier alpha value is -1.46. The molecule has 20 heavy (non-hydrogen) atoms. The predicted molar refractivity (Wildman–Crippen MR) is 78.8 cm³/mol. The molecule has 5 nitrogen and oxygen atoms in total. The van der Waals surface area contributed by atoms with Gasteiger partial charge in [-0.3, -0.25) is 15.1 Å². The highest BCUT2D eigenvalue weighted by molar-refractivity contribution is 5.91. The summed E-state index contributed by atoms with van der Waals surface area (Å²) in [5.74, 6) is 4.80. The fraction of sp³-hybridized carbons (Fsp3) is 0.600. The smallest absolute Gasteiger partial charge is 0.283 e. The Morgan fingerprint density at radius 2 is 2.20 bits per heavy atom. The van der Waals surface area contributed by atoms with E-state index >= 15 is 0 Å². The van der Waals surface area contributed by atoms with E-state index in [4.69, 9.17) is 5.84 Å². The molecule has 0 atom stereocenters. The van der Waals surface area contributed by atoms with Gasteiger partial charge in [0.15, 0.2) is 0 Å². The van der Waals surface area contributed by atoms with E-state index in [0.29, 0.717) is 11.1 Å². The Labute approximate surface area is 120 Å². The molecule has 1 aromatic heterocycles. The summed E-state index contributed by atoms with van der Waals surface area (Å²) in [5, 5.41) is 0. The van der Waals surface area contributed by atoms with Crippen LogP contribution in [0.1, 0.15) is 49.3 Å². The monoisotopic (exact) mass is 276 g/mol. The van der Waals surface area contributed by atoms with Crippen LogP contribution >= 0.6 is 0 Å². The Kier molecular flexibility index (Phi) is 4.73. The molecule has 0 radical (unpaired) electrons. The number of nitrogens with two attached hydrogens (primary N) is 1. The number of nitrogens with one attached hydrogen (secondary N) is 1. The second kappa shape index (κ2) is 6.33. The normalized spacial score (nSPS) is 18.1. The molecule has 1 fully saturated rings. The highest BCUT2D eigenvalue weighted by Crippen LogP contribution is 2.37. The number of hydrogen-bond donors (Lipinski definition) is 2. The van der Waals surface area contributed by atoms with Gasteiger partial charge < -0.3 is 0 Å². The molecular weight excluding hydrogens is 252 g/mol. The molecule has 2 rings (SSSR count). The molecule has 3 N–H and O–H groups in total. The quantitative estimate of drug-likeness (QED) is 0.488. The van der Waals surface area contributed by atoms with Crippen molar-refractivity contribution in [2.24, 2.45) is 11.3 Å². The summed E-state index contributed by atoms with van der Waals surface area (Å²) in [7, 11) is 0. The van der Waals surface area contributed by atoms with E-state index in [2.05, 4.69) is 29.2 Å². The highest BCUT2D eigenvalue weighted by atomic mass is 16.2. The largest absolute Gasteiger partial charge is 0.297 e. The predicted octanol–water partition coefficient (Wildman–Crippen LogP) is 1.70. The standard InChI is InChI=1S/C15H24N4O/c1-3-15(4-2)8-9-19(11-15)10-12-6-5-7-13(17-12)14(20)18-16/h5-7H,3-4,8-11,16H2,1-2H3,(H,18,20). The average Bonchev–Trinajstić information content (AvgIpc) is 2.90. The fourth-order valence-electron chi connectivity index (χ4n) is 2.99. The summed E-state index contributed by atoms with van der Waals surface area (Å²) in [5.41, 5.74) is 3.88. The molecule has 0 unspecified atom stereocenters. The third-order valence-electron chi connectivity index (χ3n) is 4.57. The van der Waals surface area contributed by atoms with Crippen molar-refractivity contribution in [2.75, 3.05) is 13.1 Å². The van der Waals surface area contributed by atoms with Crippen molar-refractivity contribution in [1.29, 1.82) is 0 Å². The third-order valence-corrected chi connectivity index (χ3v) is 4.57. The lowest BCUT2D eigenvalue weighted by molar-refractivity contribution is 0.0948. The van der Waals surface area contributed by atoms with E-state index in [-0.39, 0.29) is 5.91 Å². The van der Waals surface area contributed by atoms with Gasteiger partial charge in [-0.25, -0.2) is 10.8 Å². The lowest BCUT2D eigenvalue weighted by atomic mass is 9.82. The van der Waals surface area contributed by atoms with Crippen LogP contribution in [0.3, 0.4) is 0 Å². The molecule has 5 heteroatoms. The number of nitrogens with zero attached hydrogens (tertiary/aromatic N) is 2. The maximum atomic E-state index is 11.5. The zero-order valence-corrected chi connectivity index (χ0v) is 12.4. The minimum absolute atomic E-state index is 0.343. The van der Waals surface area contributed by atoms with E-state index in [1.54, 1.807) is 6.07 Å². The zero-order valence-electron chi connectivity index (χ0n) is 12.4. The Morgan fingerprint density at radius 3 is 2.80 bits per heavy atom. The van der Waals surface area contributed by atoms with Gasteiger partial charge in [-0.1, -0.05) is 19.9 Å². The van der Waals surface area contributed by atoms with Gasteiger partial charge in [0.1, 0.15) is 5.69 Å². The maximum absolute atomic E-state index is 11.5. The van der Waals surface area contributed by atoms with Crippen molar-refractivity contribution >= 4 is 5.91 Å². The van der Waals surface area contributed by atoms with Crippen LogP contribution < -0.4 is 11.3 Å². The SMILES string of the molecule is CCC1(CC)CCN(Cc2cccc(C(=O)NN)n2)C1. The number of carbonyl (C=O) groups excluding carboxylic acids is 1. The van der Waals surface area contributed by atoms with Crippen LogP contribution in [-0.2, 0) is 6.54 Å². The Balaban J connectivity index is 2.03. The van der Waals surface area contributed by atoms with E-state index in [1.807, 2.05) is 12.1 Å². The second-order valence-corrected chi connectivity index (χ2v) is 5.66. The molecule has 0 aromatic carbocycles. The molecule has 0 spiro atoms. The Morgan fingerprint density at radius 1 is 1.45 bits per heavy atom. The number of rotatable bonds is 5. The molecule has 0 bridgehead atoms. The topological polar surface area (TPSA) is 71.2 Å². The minimum Gasteiger partial charge on any atom is -0.297 e. The van der Waals surface area contributed by atoms with Gasteiger partial charge in [0.25, 0.3) is 5.91 Å². The van der Waals surface area contributed by atoms with Crippen LogP contribution in [0.25, 0.3) is 0 Å². The molecular formula is C15H24N4O. The maximum Gasteiger partial charge on any atom is 0.283 e. The van der Waals surface area contributed by atoms with Crippen LogP contribution in [0, 0.1) is 5.41 Å². The number of hydrogen-bond acceptors (Lipinski definition) is 4. The summed E-state index contributed by atoms with van der Waals surface area (Å²) in [4.78, 5) is 18.3. The van der Waals surface area contributed by atoms with Gasteiger partial charge in [0.05, 0.1) is 5.69 Å². The number of nitrogen functional groups attached to an aromatic ring is 1. The first-order valence-corrected chi connectivity index (χ1v) is 7.31. The van der Waals surface area contributed by atoms with Crippen LogP contribution in [0.4, 0.5) is 0 Å². The van der Waals surface area contributed by atoms with Crippen LogP contribution in [0.2, 0.25) is 0 Å². The summed E-state index contributed by atoms with van der Waals surface area (Å²) < 4.78 is 0. The molecule has 1 amide bonds. The van der Waals surface area contributed by atoms with E-state index < -0.39 is 0 Å². The second-order valence-electron chi connectivity index (χ2n) is 5.66. The lowest BCUT2D eigenvalue weighted by Crippen LogP contribution is -2.31. The fourth-order valence-corrected chi connectivity index (χ4v) is 2.99.